The lowest BCUT2D eigenvalue weighted by Gasteiger charge is -2.31. The number of hydrogen-bond donors (Lipinski definition) is 1. The minimum absolute atomic E-state index is 0.312. The highest BCUT2D eigenvalue weighted by Crippen LogP contribution is 2.29. The molecule has 3 rings (SSSR count). The Hall–Kier alpha value is -2.57. The van der Waals surface area contributed by atoms with E-state index in [0.29, 0.717) is 23.7 Å². The Morgan fingerprint density at radius 2 is 1.77 bits per heavy atom. The summed E-state index contributed by atoms with van der Waals surface area (Å²) in [6, 6.07) is 18.1. The summed E-state index contributed by atoms with van der Waals surface area (Å²) in [4.78, 5) is 13.0. The third kappa shape index (κ3) is 4.94. The molecule has 1 N–H and O–H groups in total. The van der Waals surface area contributed by atoms with E-state index in [4.69, 9.17) is 11.6 Å². The van der Waals surface area contributed by atoms with Crippen molar-refractivity contribution < 1.29 is 13.2 Å². The Morgan fingerprint density at radius 1 is 1.07 bits per heavy atom. The third-order valence-corrected chi connectivity index (χ3v) is 6.42. The van der Waals surface area contributed by atoms with Gasteiger partial charge in [-0.3, -0.25) is 9.10 Å². The second kappa shape index (κ2) is 9.06. The number of carbonyl (C=O) groups excluding carboxylic acids is 1. The zero-order valence-electron chi connectivity index (χ0n) is 17.2. The van der Waals surface area contributed by atoms with Crippen LogP contribution in [-0.2, 0) is 21.4 Å². The van der Waals surface area contributed by atoms with Gasteiger partial charge in [0.05, 0.1) is 11.9 Å². The first-order valence-electron chi connectivity index (χ1n) is 9.71. The van der Waals surface area contributed by atoms with Crippen molar-refractivity contribution in [3.63, 3.8) is 0 Å². The second-order valence-electron chi connectivity index (χ2n) is 7.31. The number of halogens is 1. The molecule has 0 heterocycles. The smallest absolute Gasteiger partial charge is 0.244 e. The molecule has 3 aromatic rings. The monoisotopic (exact) mass is 444 g/mol. The molecule has 0 aliphatic rings. The van der Waals surface area contributed by atoms with Crippen LogP contribution in [0.2, 0.25) is 5.02 Å². The van der Waals surface area contributed by atoms with Gasteiger partial charge in [-0.1, -0.05) is 61.0 Å². The summed E-state index contributed by atoms with van der Waals surface area (Å²) in [5, 5.41) is 5.52. The number of amides is 1. The topological polar surface area (TPSA) is 66.5 Å². The molecule has 5 nitrogen and oxygen atoms in total. The molecular formula is C23H25ClN2O3S. The molecule has 0 aliphatic carbocycles. The van der Waals surface area contributed by atoms with Gasteiger partial charge >= 0.3 is 0 Å². The molecule has 1 atom stereocenters. The van der Waals surface area contributed by atoms with Gasteiger partial charge in [-0.05, 0) is 53.4 Å². The molecule has 7 heteroatoms. The van der Waals surface area contributed by atoms with E-state index in [1.165, 1.54) is 4.31 Å². The van der Waals surface area contributed by atoms with Crippen molar-refractivity contribution in [2.45, 2.75) is 32.9 Å². The number of aryl methyl sites for hydroxylation is 1. The zero-order valence-corrected chi connectivity index (χ0v) is 18.8. The maximum absolute atomic E-state index is 13.0. The van der Waals surface area contributed by atoms with E-state index in [1.54, 1.807) is 32.0 Å². The second-order valence-corrected chi connectivity index (χ2v) is 9.61. The van der Waals surface area contributed by atoms with E-state index in [2.05, 4.69) is 5.32 Å². The largest absolute Gasteiger partial charge is 0.350 e. The number of nitrogens with zero attached hydrogens (tertiary/aromatic N) is 1. The van der Waals surface area contributed by atoms with E-state index < -0.39 is 16.1 Å². The van der Waals surface area contributed by atoms with Crippen LogP contribution in [0.25, 0.3) is 10.8 Å². The summed E-state index contributed by atoms with van der Waals surface area (Å²) < 4.78 is 26.4. The quantitative estimate of drug-likeness (QED) is 0.576. The minimum Gasteiger partial charge on any atom is -0.350 e. The van der Waals surface area contributed by atoms with Crippen molar-refractivity contribution in [3.05, 3.63) is 76.8 Å². The van der Waals surface area contributed by atoms with Gasteiger partial charge in [0, 0.05) is 11.6 Å². The summed E-state index contributed by atoms with van der Waals surface area (Å²) in [6.45, 7) is 3.90. The van der Waals surface area contributed by atoms with Crippen molar-refractivity contribution in [3.8, 4) is 0 Å². The van der Waals surface area contributed by atoms with E-state index in [9.17, 15) is 13.2 Å². The van der Waals surface area contributed by atoms with Gasteiger partial charge in [-0.15, -0.1) is 0 Å². The molecule has 0 radical (unpaired) electrons. The molecule has 0 aromatic heterocycles. The summed E-state index contributed by atoms with van der Waals surface area (Å²) in [5.41, 5.74) is 2.09. The number of hydrogen-bond acceptors (Lipinski definition) is 3. The lowest BCUT2D eigenvalue weighted by Crippen LogP contribution is -2.49. The van der Waals surface area contributed by atoms with E-state index in [0.717, 1.165) is 28.2 Å². The van der Waals surface area contributed by atoms with Gasteiger partial charge in [0.2, 0.25) is 15.9 Å². The Balaban J connectivity index is 1.85. The predicted octanol–water partition coefficient (Wildman–Crippen LogP) is 4.66. The highest BCUT2D eigenvalue weighted by atomic mass is 35.5. The predicted molar refractivity (Wildman–Crippen MR) is 123 cm³/mol. The van der Waals surface area contributed by atoms with Crippen LogP contribution in [0.1, 0.15) is 24.5 Å². The molecule has 30 heavy (non-hydrogen) atoms. The van der Waals surface area contributed by atoms with Gasteiger partial charge in [-0.2, -0.15) is 0 Å². The Morgan fingerprint density at radius 3 is 2.43 bits per heavy atom. The highest BCUT2D eigenvalue weighted by molar-refractivity contribution is 7.92. The maximum atomic E-state index is 13.0. The van der Waals surface area contributed by atoms with Crippen LogP contribution < -0.4 is 9.62 Å². The SMILES string of the molecule is CC[C@@H](C(=O)NCc1ccc2ccccc2c1)N(c1cc(Cl)ccc1C)S(C)(=O)=O. The van der Waals surface area contributed by atoms with E-state index in [-0.39, 0.29) is 5.91 Å². The standard InChI is InChI=1S/C23H25ClN2O3S/c1-4-21(26(30(3,28)29)22-14-20(24)12-9-16(22)2)23(27)25-15-17-10-11-18-7-5-6-8-19(18)13-17/h5-14,21H,4,15H2,1-3H3,(H,25,27)/t21-/m0/s1. The summed E-state index contributed by atoms with van der Waals surface area (Å²) in [5.74, 6) is -0.351. The summed E-state index contributed by atoms with van der Waals surface area (Å²) >= 11 is 6.11. The summed E-state index contributed by atoms with van der Waals surface area (Å²) in [6.07, 6.45) is 1.43. The fraction of sp³-hybridized carbons (Fsp3) is 0.261. The van der Waals surface area contributed by atoms with Crippen molar-refractivity contribution in [1.29, 1.82) is 0 Å². The van der Waals surface area contributed by atoms with Crippen molar-refractivity contribution in [1.82, 2.24) is 5.32 Å². The first kappa shape index (κ1) is 22.1. The van der Waals surface area contributed by atoms with Crippen LogP contribution in [0.3, 0.4) is 0 Å². The molecule has 0 unspecified atom stereocenters. The van der Waals surface area contributed by atoms with Crippen LogP contribution in [-0.4, -0.2) is 26.6 Å². The minimum atomic E-state index is -3.71. The number of sulfonamides is 1. The maximum Gasteiger partial charge on any atom is 0.244 e. The van der Waals surface area contributed by atoms with Crippen LogP contribution in [0.4, 0.5) is 5.69 Å². The van der Waals surface area contributed by atoms with Crippen molar-refractivity contribution >= 4 is 44.0 Å². The van der Waals surface area contributed by atoms with Gasteiger partial charge in [0.25, 0.3) is 0 Å². The molecule has 0 bridgehead atoms. The highest BCUT2D eigenvalue weighted by Gasteiger charge is 2.32. The molecule has 0 saturated carbocycles. The lowest BCUT2D eigenvalue weighted by atomic mass is 10.1. The van der Waals surface area contributed by atoms with Gasteiger partial charge in [0.15, 0.2) is 0 Å². The third-order valence-electron chi connectivity index (χ3n) is 5.02. The number of rotatable bonds is 7. The normalized spacial score (nSPS) is 12.5. The molecule has 0 fully saturated rings. The number of carbonyl (C=O) groups is 1. The van der Waals surface area contributed by atoms with Gasteiger partial charge in [-0.25, -0.2) is 8.42 Å². The Bertz CT molecular complexity index is 1180. The molecule has 158 valence electrons. The van der Waals surface area contributed by atoms with Crippen LogP contribution >= 0.6 is 11.6 Å². The van der Waals surface area contributed by atoms with Gasteiger partial charge < -0.3 is 5.32 Å². The lowest BCUT2D eigenvalue weighted by molar-refractivity contribution is -0.122. The first-order valence-corrected chi connectivity index (χ1v) is 11.9. The molecular weight excluding hydrogens is 420 g/mol. The number of anilines is 1. The van der Waals surface area contributed by atoms with Crippen LogP contribution in [0.5, 0.6) is 0 Å². The number of benzene rings is 3. The fourth-order valence-electron chi connectivity index (χ4n) is 3.51. The Kier molecular flexibility index (Phi) is 6.68. The molecule has 1 amide bonds. The molecule has 0 saturated heterocycles. The Labute approximate surface area is 182 Å². The van der Waals surface area contributed by atoms with Crippen LogP contribution in [0, 0.1) is 6.92 Å². The van der Waals surface area contributed by atoms with Crippen molar-refractivity contribution in [2.24, 2.45) is 0 Å². The molecule has 3 aromatic carbocycles. The van der Waals surface area contributed by atoms with E-state index in [1.807, 2.05) is 42.5 Å². The number of nitrogens with one attached hydrogen (secondary N) is 1. The number of fused-ring (bicyclic) bond motifs is 1. The van der Waals surface area contributed by atoms with Crippen molar-refractivity contribution in [2.75, 3.05) is 10.6 Å². The average molecular weight is 445 g/mol. The fourth-order valence-corrected chi connectivity index (χ4v) is 4.94. The zero-order chi connectivity index (χ0) is 21.9. The summed E-state index contributed by atoms with van der Waals surface area (Å²) in [7, 11) is -3.71. The van der Waals surface area contributed by atoms with Crippen LogP contribution in [0.15, 0.2) is 60.7 Å². The average Bonchev–Trinajstić information content (AvgIpc) is 2.71. The van der Waals surface area contributed by atoms with E-state index >= 15 is 0 Å². The van der Waals surface area contributed by atoms with Gasteiger partial charge in [0.1, 0.15) is 6.04 Å². The molecule has 0 spiro atoms. The first-order chi connectivity index (χ1) is 14.2. The molecule has 0 aliphatic heterocycles.